The minimum absolute atomic E-state index is 0.0727. The lowest BCUT2D eigenvalue weighted by Crippen LogP contribution is -2.34. The van der Waals surface area contributed by atoms with Gasteiger partial charge in [0.05, 0.1) is 5.56 Å². The van der Waals surface area contributed by atoms with Crippen molar-refractivity contribution >= 4 is 73.7 Å². The van der Waals surface area contributed by atoms with E-state index in [1.807, 2.05) is 6.07 Å². The highest BCUT2D eigenvalue weighted by Gasteiger charge is 2.32. The van der Waals surface area contributed by atoms with E-state index < -0.39 is 0 Å². The van der Waals surface area contributed by atoms with Gasteiger partial charge in [-0.1, -0.05) is 13.8 Å². The van der Waals surface area contributed by atoms with Gasteiger partial charge in [0, 0.05) is 16.8 Å². The smallest absolute Gasteiger partial charge is 0.252 e. The predicted molar refractivity (Wildman–Crippen MR) is 103 cm³/mol. The van der Waals surface area contributed by atoms with Crippen molar-refractivity contribution in [3.05, 3.63) is 28.4 Å². The summed E-state index contributed by atoms with van der Waals surface area (Å²) in [6.07, 6.45) is 3.37. The third-order valence-corrected chi connectivity index (χ3v) is 7.21. The molecule has 1 saturated carbocycles. The van der Waals surface area contributed by atoms with Crippen LogP contribution in [0.5, 0.6) is 0 Å². The number of halogens is 3. The zero-order valence-corrected chi connectivity index (χ0v) is 17.4. The molecule has 2 rings (SSSR count). The molecule has 0 radical (unpaired) electrons. The van der Waals surface area contributed by atoms with Crippen molar-refractivity contribution in [1.29, 1.82) is 0 Å². The Morgan fingerprint density at radius 3 is 2.58 bits per heavy atom. The Bertz CT molecular complexity index is 514. The third-order valence-electron chi connectivity index (χ3n) is 3.54. The first-order valence-electron chi connectivity index (χ1n) is 6.24. The van der Waals surface area contributed by atoms with E-state index in [0.29, 0.717) is 11.5 Å². The van der Waals surface area contributed by atoms with Crippen molar-refractivity contribution < 1.29 is 4.79 Å². The molecule has 104 valence electrons. The summed E-state index contributed by atoms with van der Waals surface area (Å²) in [5, 5.41) is 3.20. The number of carbonyl (C=O) groups is 1. The standard InChI is InChI=1S/C14H16I3NO/c1-14(2)4-3-9(7-14)18-13(19)10-5-8(15)6-11(16)12(10)17/h5-6,9H,3-4,7H2,1-2H3,(H,18,19). The maximum atomic E-state index is 12.4. The molecule has 1 fully saturated rings. The zero-order valence-electron chi connectivity index (χ0n) is 10.9. The molecule has 1 aliphatic carbocycles. The zero-order chi connectivity index (χ0) is 14.2. The van der Waals surface area contributed by atoms with Crippen LogP contribution in [-0.4, -0.2) is 11.9 Å². The van der Waals surface area contributed by atoms with Gasteiger partial charge >= 0.3 is 0 Å². The van der Waals surface area contributed by atoms with Gasteiger partial charge in [0.25, 0.3) is 5.91 Å². The minimum atomic E-state index is 0.0727. The van der Waals surface area contributed by atoms with E-state index in [0.717, 1.165) is 29.1 Å². The predicted octanol–water partition coefficient (Wildman–Crippen LogP) is 4.81. The molecular weight excluding hydrogens is 579 g/mol. The van der Waals surface area contributed by atoms with Gasteiger partial charge in [-0.15, -0.1) is 0 Å². The molecule has 0 saturated heterocycles. The SMILES string of the molecule is CC1(C)CCC(NC(=O)c2cc(I)cc(I)c2I)C1. The molecule has 0 heterocycles. The largest absolute Gasteiger partial charge is 0.349 e. The van der Waals surface area contributed by atoms with Gasteiger partial charge in [-0.3, -0.25) is 4.79 Å². The van der Waals surface area contributed by atoms with Crippen molar-refractivity contribution in [2.24, 2.45) is 5.41 Å². The second-order valence-electron chi connectivity index (χ2n) is 5.83. The lowest BCUT2D eigenvalue weighted by atomic mass is 9.92. The molecule has 5 heteroatoms. The third kappa shape index (κ3) is 4.18. The minimum Gasteiger partial charge on any atom is -0.349 e. The molecule has 1 aliphatic rings. The van der Waals surface area contributed by atoms with Crippen molar-refractivity contribution in [3.63, 3.8) is 0 Å². The average Bonchev–Trinajstić information content (AvgIpc) is 2.63. The summed E-state index contributed by atoms with van der Waals surface area (Å²) in [6.45, 7) is 4.55. The van der Waals surface area contributed by atoms with Crippen molar-refractivity contribution in [3.8, 4) is 0 Å². The summed E-state index contributed by atoms with van der Waals surface area (Å²) in [6, 6.07) is 4.40. The molecule has 1 atom stereocenters. The Morgan fingerprint density at radius 1 is 1.32 bits per heavy atom. The number of carbonyl (C=O) groups excluding carboxylic acids is 1. The van der Waals surface area contributed by atoms with Crippen LogP contribution >= 0.6 is 67.8 Å². The number of hydrogen-bond donors (Lipinski definition) is 1. The summed E-state index contributed by atoms with van der Waals surface area (Å²) in [4.78, 5) is 12.4. The lowest BCUT2D eigenvalue weighted by molar-refractivity contribution is 0.0935. The fourth-order valence-corrected chi connectivity index (χ4v) is 4.94. The van der Waals surface area contributed by atoms with Gasteiger partial charge < -0.3 is 5.32 Å². The van der Waals surface area contributed by atoms with Crippen LogP contribution in [0.25, 0.3) is 0 Å². The summed E-state index contributed by atoms with van der Waals surface area (Å²) >= 11 is 6.81. The van der Waals surface area contributed by atoms with Crippen LogP contribution in [0.3, 0.4) is 0 Å². The van der Waals surface area contributed by atoms with Crippen LogP contribution in [0, 0.1) is 16.1 Å². The molecule has 0 bridgehead atoms. The van der Waals surface area contributed by atoms with Crippen LogP contribution in [0.1, 0.15) is 43.5 Å². The molecule has 0 aliphatic heterocycles. The number of nitrogens with one attached hydrogen (secondary N) is 1. The molecule has 1 amide bonds. The number of rotatable bonds is 2. The van der Waals surface area contributed by atoms with E-state index in [1.54, 1.807) is 0 Å². The average molecular weight is 595 g/mol. The van der Waals surface area contributed by atoms with E-state index in [1.165, 1.54) is 6.42 Å². The van der Waals surface area contributed by atoms with Gasteiger partial charge in [-0.25, -0.2) is 0 Å². The Labute approximate surface area is 155 Å². The van der Waals surface area contributed by atoms with Crippen LogP contribution in [-0.2, 0) is 0 Å². The van der Waals surface area contributed by atoms with Gasteiger partial charge in [0.15, 0.2) is 0 Å². The maximum absolute atomic E-state index is 12.4. The van der Waals surface area contributed by atoms with E-state index >= 15 is 0 Å². The monoisotopic (exact) mass is 595 g/mol. The first kappa shape index (κ1) is 16.3. The first-order valence-corrected chi connectivity index (χ1v) is 9.47. The molecule has 0 aromatic heterocycles. The summed E-state index contributed by atoms with van der Waals surface area (Å²) in [5.41, 5.74) is 1.17. The second-order valence-corrected chi connectivity index (χ2v) is 9.31. The molecule has 1 aromatic carbocycles. The molecule has 2 nitrogen and oxygen atoms in total. The topological polar surface area (TPSA) is 29.1 Å². The molecular formula is C14H16I3NO. The highest BCUT2D eigenvalue weighted by Crippen LogP contribution is 2.37. The summed E-state index contributed by atoms with van der Waals surface area (Å²) < 4.78 is 3.30. The molecule has 1 unspecified atom stereocenters. The lowest BCUT2D eigenvalue weighted by Gasteiger charge is -2.18. The number of amides is 1. The number of benzene rings is 1. The Hall–Kier alpha value is 0.880. The Balaban J connectivity index is 2.13. The second kappa shape index (κ2) is 6.33. The van der Waals surface area contributed by atoms with Crippen LogP contribution < -0.4 is 5.32 Å². The van der Waals surface area contributed by atoms with Crippen LogP contribution in [0.2, 0.25) is 0 Å². The van der Waals surface area contributed by atoms with Crippen molar-refractivity contribution in [1.82, 2.24) is 5.32 Å². The van der Waals surface area contributed by atoms with E-state index in [4.69, 9.17) is 0 Å². The van der Waals surface area contributed by atoms with E-state index in [-0.39, 0.29) is 5.91 Å². The van der Waals surface area contributed by atoms with Gasteiger partial charge in [0.2, 0.25) is 0 Å². The molecule has 0 spiro atoms. The van der Waals surface area contributed by atoms with Crippen molar-refractivity contribution in [2.75, 3.05) is 0 Å². The number of hydrogen-bond acceptors (Lipinski definition) is 1. The van der Waals surface area contributed by atoms with E-state index in [9.17, 15) is 4.79 Å². The fraction of sp³-hybridized carbons (Fsp3) is 0.500. The van der Waals surface area contributed by atoms with Crippen LogP contribution in [0.4, 0.5) is 0 Å². The fourth-order valence-electron chi connectivity index (χ4n) is 2.54. The molecule has 19 heavy (non-hydrogen) atoms. The normalized spacial score (nSPS) is 21.4. The highest BCUT2D eigenvalue weighted by molar-refractivity contribution is 14.1. The maximum Gasteiger partial charge on any atom is 0.252 e. The molecule has 1 N–H and O–H groups in total. The Kier molecular flexibility index (Phi) is 5.41. The van der Waals surface area contributed by atoms with E-state index in [2.05, 4.69) is 93.0 Å². The van der Waals surface area contributed by atoms with Crippen molar-refractivity contribution in [2.45, 2.75) is 39.2 Å². The Morgan fingerprint density at radius 2 is 2.00 bits per heavy atom. The quantitative estimate of drug-likeness (QED) is 0.387. The van der Waals surface area contributed by atoms with Gasteiger partial charge in [-0.2, -0.15) is 0 Å². The van der Waals surface area contributed by atoms with Gasteiger partial charge in [-0.05, 0) is 105 Å². The molecule has 1 aromatic rings. The summed E-state index contributed by atoms with van der Waals surface area (Å²) in [7, 11) is 0. The first-order chi connectivity index (χ1) is 8.78. The van der Waals surface area contributed by atoms with Gasteiger partial charge in [0.1, 0.15) is 0 Å². The van der Waals surface area contributed by atoms with Crippen LogP contribution in [0.15, 0.2) is 12.1 Å². The highest BCUT2D eigenvalue weighted by atomic mass is 127. The summed E-state index contributed by atoms with van der Waals surface area (Å²) in [5.74, 6) is 0.0727.